The van der Waals surface area contributed by atoms with Crippen molar-refractivity contribution in [1.29, 1.82) is 0 Å². The number of nitrogens with one attached hydrogen (secondary N) is 2. The monoisotopic (exact) mass is 246 g/mol. The summed E-state index contributed by atoms with van der Waals surface area (Å²) in [5.74, 6) is 1.72. The predicted molar refractivity (Wildman–Crippen MR) is 66.8 cm³/mol. The minimum Gasteiger partial charge on any atom is -0.373 e. The number of amides is 1. The van der Waals surface area contributed by atoms with Crippen molar-refractivity contribution in [2.45, 2.75) is 6.92 Å². The molecule has 0 fully saturated rings. The molecule has 7 heteroatoms. The summed E-state index contributed by atoms with van der Waals surface area (Å²) in [7, 11) is 3.35. The molecule has 0 aliphatic rings. The van der Waals surface area contributed by atoms with Gasteiger partial charge in [-0.15, -0.1) is 0 Å². The van der Waals surface area contributed by atoms with Crippen LogP contribution in [0, 0.1) is 6.92 Å². The van der Waals surface area contributed by atoms with Crippen molar-refractivity contribution in [3.05, 3.63) is 29.8 Å². The van der Waals surface area contributed by atoms with E-state index in [0.29, 0.717) is 23.2 Å². The largest absolute Gasteiger partial charge is 0.373 e. The zero-order chi connectivity index (χ0) is 13.1. The number of anilines is 1. The molecule has 2 N–H and O–H groups in total. The smallest absolute Gasteiger partial charge is 0.271 e. The minimum atomic E-state index is -0.228. The second kappa shape index (κ2) is 4.82. The molecule has 2 aromatic heterocycles. The van der Waals surface area contributed by atoms with Gasteiger partial charge in [-0.1, -0.05) is 0 Å². The van der Waals surface area contributed by atoms with Gasteiger partial charge in [0.15, 0.2) is 11.5 Å². The number of hydrogen-bond donors (Lipinski definition) is 2. The van der Waals surface area contributed by atoms with E-state index in [1.54, 1.807) is 44.0 Å². The molecule has 2 aromatic rings. The first-order valence-corrected chi connectivity index (χ1v) is 5.45. The molecule has 2 rings (SSSR count). The minimum absolute atomic E-state index is 0.228. The highest BCUT2D eigenvalue weighted by Gasteiger charge is 2.09. The number of nitrogens with zero attached hydrogens (tertiary/aromatic N) is 4. The van der Waals surface area contributed by atoms with Crippen molar-refractivity contribution in [3.8, 4) is 5.82 Å². The summed E-state index contributed by atoms with van der Waals surface area (Å²) < 4.78 is 1.54. The summed E-state index contributed by atoms with van der Waals surface area (Å²) in [6, 6.07) is 3.39. The topological polar surface area (TPSA) is 84.7 Å². The Morgan fingerprint density at radius 1 is 1.33 bits per heavy atom. The number of rotatable bonds is 3. The Balaban J connectivity index is 2.39. The van der Waals surface area contributed by atoms with Gasteiger partial charge in [0, 0.05) is 26.4 Å². The van der Waals surface area contributed by atoms with Crippen LogP contribution < -0.4 is 10.6 Å². The van der Waals surface area contributed by atoms with Gasteiger partial charge in [-0.2, -0.15) is 5.10 Å². The van der Waals surface area contributed by atoms with Crippen molar-refractivity contribution in [3.63, 3.8) is 0 Å². The van der Waals surface area contributed by atoms with Crippen LogP contribution in [0.2, 0.25) is 0 Å². The van der Waals surface area contributed by atoms with E-state index in [9.17, 15) is 4.79 Å². The molecule has 0 aliphatic heterocycles. The van der Waals surface area contributed by atoms with E-state index in [0.717, 1.165) is 0 Å². The van der Waals surface area contributed by atoms with Crippen LogP contribution in [0.3, 0.4) is 0 Å². The standard InChI is InChI=1S/C11H14N6O/c1-7-14-9(12-2)6-10(15-7)17-5-4-8(16-17)11(18)13-3/h4-6H,1-3H3,(H,13,18)(H,12,14,15). The average Bonchev–Trinajstić information content (AvgIpc) is 2.86. The summed E-state index contributed by atoms with van der Waals surface area (Å²) in [4.78, 5) is 19.9. The quantitative estimate of drug-likeness (QED) is 0.817. The second-order valence-electron chi connectivity index (χ2n) is 3.63. The molecule has 0 aliphatic carbocycles. The van der Waals surface area contributed by atoms with E-state index in [2.05, 4.69) is 25.7 Å². The molecule has 0 unspecified atom stereocenters. The maximum Gasteiger partial charge on any atom is 0.271 e. The maximum atomic E-state index is 11.4. The van der Waals surface area contributed by atoms with Crippen LogP contribution >= 0.6 is 0 Å². The Hall–Kier alpha value is -2.44. The molecule has 7 nitrogen and oxygen atoms in total. The summed E-state index contributed by atoms with van der Waals surface area (Å²) in [5, 5.41) is 9.62. The number of aryl methyl sites for hydroxylation is 1. The molecule has 0 aromatic carbocycles. The highest BCUT2D eigenvalue weighted by Crippen LogP contribution is 2.10. The fraction of sp³-hybridized carbons (Fsp3) is 0.273. The Morgan fingerprint density at radius 2 is 2.11 bits per heavy atom. The summed E-state index contributed by atoms with van der Waals surface area (Å²) in [6.07, 6.45) is 1.69. The van der Waals surface area contributed by atoms with Crippen molar-refractivity contribution in [1.82, 2.24) is 25.1 Å². The molecule has 0 radical (unpaired) electrons. The van der Waals surface area contributed by atoms with Gasteiger partial charge in [-0.25, -0.2) is 14.6 Å². The van der Waals surface area contributed by atoms with Crippen LogP contribution in [0.4, 0.5) is 5.82 Å². The van der Waals surface area contributed by atoms with Gasteiger partial charge in [-0.05, 0) is 13.0 Å². The maximum absolute atomic E-state index is 11.4. The highest BCUT2D eigenvalue weighted by molar-refractivity contribution is 5.91. The van der Waals surface area contributed by atoms with Gasteiger partial charge in [0.1, 0.15) is 11.6 Å². The molecule has 2 heterocycles. The molecule has 94 valence electrons. The lowest BCUT2D eigenvalue weighted by atomic mass is 10.4. The fourth-order valence-electron chi connectivity index (χ4n) is 1.50. The van der Waals surface area contributed by atoms with Crippen molar-refractivity contribution in [2.24, 2.45) is 0 Å². The summed E-state index contributed by atoms with van der Waals surface area (Å²) >= 11 is 0. The Kier molecular flexibility index (Phi) is 3.22. The highest BCUT2D eigenvalue weighted by atomic mass is 16.1. The number of carbonyl (C=O) groups excluding carboxylic acids is 1. The van der Waals surface area contributed by atoms with Crippen molar-refractivity contribution >= 4 is 11.7 Å². The third-order valence-corrected chi connectivity index (χ3v) is 2.36. The predicted octanol–water partition coefficient (Wildman–Crippen LogP) is 0.372. The SMILES string of the molecule is CNC(=O)c1ccn(-c2cc(NC)nc(C)n2)n1. The van der Waals surface area contributed by atoms with E-state index in [-0.39, 0.29) is 5.91 Å². The Labute approximate surface area is 104 Å². The van der Waals surface area contributed by atoms with E-state index < -0.39 is 0 Å². The normalized spacial score (nSPS) is 10.2. The molecule has 0 saturated heterocycles. The Morgan fingerprint density at radius 3 is 2.78 bits per heavy atom. The van der Waals surface area contributed by atoms with Crippen LogP contribution in [-0.4, -0.2) is 39.8 Å². The van der Waals surface area contributed by atoms with E-state index >= 15 is 0 Å². The van der Waals surface area contributed by atoms with Gasteiger partial charge in [0.2, 0.25) is 0 Å². The number of aromatic nitrogens is 4. The van der Waals surface area contributed by atoms with Gasteiger partial charge in [0.05, 0.1) is 0 Å². The summed E-state index contributed by atoms with van der Waals surface area (Å²) in [5.41, 5.74) is 0.347. The first-order chi connectivity index (χ1) is 8.63. The van der Waals surface area contributed by atoms with Crippen molar-refractivity contribution in [2.75, 3.05) is 19.4 Å². The molecule has 0 atom stereocenters. The molecular formula is C11H14N6O. The van der Waals surface area contributed by atoms with E-state index in [1.165, 1.54) is 0 Å². The molecule has 0 saturated carbocycles. The van der Waals surface area contributed by atoms with Crippen LogP contribution in [0.25, 0.3) is 5.82 Å². The zero-order valence-electron chi connectivity index (χ0n) is 10.4. The van der Waals surface area contributed by atoms with Gasteiger partial charge < -0.3 is 10.6 Å². The van der Waals surface area contributed by atoms with Gasteiger partial charge in [-0.3, -0.25) is 4.79 Å². The second-order valence-corrected chi connectivity index (χ2v) is 3.63. The zero-order valence-corrected chi connectivity index (χ0v) is 10.4. The third kappa shape index (κ3) is 2.29. The van der Waals surface area contributed by atoms with Crippen LogP contribution in [0.1, 0.15) is 16.3 Å². The molecule has 18 heavy (non-hydrogen) atoms. The number of carbonyl (C=O) groups is 1. The third-order valence-electron chi connectivity index (χ3n) is 2.36. The van der Waals surface area contributed by atoms with Gasteiger partial charge >= 0.3 is 0 Å². The Bertz CT molecular complexity index is 577. The van der Waals surface area contributed by atoms with E-state index in [4.69, 9.17) is 0 Å². The van der Waals surface area contributed by atoms with Crippen LogP contribution in [0.15, 0.2) is 18.3 Å². The lowest BCUT2D eigenvalue weighted by Crippen LogP contribution is -2.18. The lowest BCUT2D eigenvalue weighted by molar-refractivity contribution is 0.0957. The molecule has 0 spiro atoms. The molecule has 0 bridgehead atoms. The van der Waals surface area contributed by atoms with E-state index in [1.807, 2.05) is 0 Å². The first-order valence-electron chi connectivity index (χ1n) is 5.45. The molecule has 1 amide bonds. The number of hydrogen-bond acceptors (Lipinski definition) is 5. The van der Waals surface area contributed by atoms with Crippen LogP contribution in [0.5, 0.6) is 0 Å². The average molecular weight is 246 g/mol. The first kappa shape index (κ1) is 12.0. The lowest BCUT2D eigenvalue weighted by Gasteiger charge is -2.05. The van der Waals surface area contributed by atoms with Gasteiger partial charge in [0.25, 0.3) is 5.91 Å². The summed E-state index contributed by atoms with van der Waals surface area (Å²) in [6.45, 7) is 1.80. The fourth-order valence-corrected chi connectivity index (χ4v) is 1.50. The van der Waals surface area contributed by atoms with Crippen molar-refractivity contribution < 1.29 is 4.79 Å². The molecular weight excluding hydrogens is 232 g/mol. The van der Waals surface area contributed by atoms with Crippen LogP contribution in [-0.2, 0) is 0 Å².